The van der Waals surface area contributed by atoms with E-state index in [-0.39, 0.29) is 23.2 Å². The first-order chi connectivity index (χ1) is 9.66. The van der Waals surface area contributed by atoms with Crippen molar-refractivity contribution in [2.24, 2.45) is 11.8 Å². The van der Waals surface area contributed by atoms with Crippen molar-refractivity contribution in [2.75, 3.05) is 0 Å². The van der Waals surface area contributed by atoms with Crippen molar-refractivity contribution in [2.45, 2.75) is 52.6 Å². The van der Waals surface area contributed by atoms with Gasteiger partial charge in [0, 0.05) is 11.3 Å². The van der Waals surface area contributed by atoms with Crippen molar-refractivity contribution >= 4 is 5.97 Å². The molecule has 1 aromatic carbocycles. The third kappa shape index (κ3) is 3.20. The Hall–Kier alpha value is -1.57. The van der Waals surface area contributed by atoms with Crippen LogP contribution in [0.25, 0.3) is 0 Å². The summed E-state index contributed by atoms with van der Waals surface area (Å²) in [6.45, 7) is 12.1. The van der Waals surface area contributed by atoms with Crippen LogP contribution in [-0.4, -0.2) is 11.6 Å². The molecule has 0 radical (unpaired) electrons. The zero-order valence-corrected chi connectivity index (χ0v) is 13.9. The fraction of sp³-hybridized carbons (Fsp3) is 0.526. The number of benzene rings is 1. The van der Waals surface area contributed by atoms with Crippen LogP contribution in [0, 0.1) is 11.8 Å². The van der Waals surface area contributed by atoms with E-state index in [2.05, 4.69) is 39.0 Å². The molecule has 3 unspecified atom stereocenters. The molecular formula is C19H26O2. The van der Waals surface area contributed by atoms with E-state index in [9.17, 15) is 4.79 Å². The summed E-state index contributed by atoms with van der Waals surface area (Å²) in [5, 5.41) is 0. The van der Waals surface area contributed by atoms with Crippen LogP contribution in [0.15, 0.2) is 42.0 Å². The third-order valence-corrected chi connectivity index (χ3v) is 4.16. The standard InChI is InChI=1S/C19H26O2/c1-13(2)12-15-16(17(20)21-18(3,4)5)19(15,6)14-10-8-7-9-11-14/h7-12,15-16H,1-6H3. The monoisotopic (exact) mass is 286 g/mol. The van der Waals surface area contributed by atoms with Gasteiger partial charge < -0.3 is 4.74 Å². The molecule has 2 nitrogen and oxygen atoms in total. The Bertz CT molecular complexity index is 547. The fourth-order valence-electron chi connectivity index (χ4n) is 3.10. The van der Waals surface area contributed by atoms with Crippen LogP contribution in [0.5, 0.6) is 0 Å². The summed E-state index contributed by atoms with van der Waals surface area (Å²) in [4.78, 5) is 12.6. The van der Waals surface area contributed by atoms with Gasteiger partial charge in [0.2, 0.25) is 0 Å². The number of allylic oxidation sites excluding steroid dienone is 2. The summed E-state index contributed by atoms with van der Waals surface area (Å²) in [6, 6.07) is 10.3. The molecule has 0 amide bonds. The van der Waals surface area contributed by atoms with E-state index >= 15 is 0 Å². The number of hydrogen-bond donors (Lipinski definition) is 0. The SMILES string of the molecule is CC(C)=CC1C(C(=O)OC(C)(C)C)C1(C)c1ccccc1. The van der Waals surface area contributed by atoms with Crippen LogP contribution in [0.3, 0.4) is 0 Å². The first-order valence-corrected chi connectivity index (χ1v) is 7.59. The lowest BCUT2D eigenvalue weighted by Gasteiger charge is -2.20. The normalized spacial score (nSPS) is 27.9. The molecule has 0 aliphatic heterocycles. The Morgan fingerprint density at radius 3 is 2.24 bits per heavy atom. The summed E-state index contributed by atoms with van der Waals surface area (Å²) >= 11 is 0. The zero-order valence-electron chi connectivity index (χ0n) is 13.9. The molecule has 2 heteroatoms. The molecule has 1 aliphatic rings. The average molecular weight is 286 g/mol. The molecule has 1 aliphatic carbocycles. The molecule has 3 atom stereocenters. The second kappa shape index (κ2) is 5.32. The van der Waals surface area contributed by atoms with Crippen molar-refractivity contribution in [3.05, 3.63) is 47.5 Å². The lowest BCUT2D eigenvalue weighted by molar-refractivity contribution is -0.157. The van der Waals surface area contributed by atoms with E-state index in [1.165, 1.54) is 11.1 Å². The highest BCUT2D eigenvalue weighted by Gasteiger charge is 2.65. The van der Waals surface area contributed by atoms with Crippen molar-refractivity contribution in [1.29, 1.82) is 0 Å². The van der Waals surface area contributed by atoms with Gasteiger partial charge in [-0.05, 0) is 40.2 Å². The third-order valence-electron chi connectivity index (χ3n) is 4.16. The molecule has 0 heterocycles. The Morgan fingerprint density at radius 2 is 1.76 bits per heavy atom. The minimum Gasteiger partial charge on any atom is -0.460 e. The molecule has 0 aromatic heterocycles. The van der Waals surface area contributed by atoms with Crippen molar-refractivity contribution in [3.63, 3.8) is 0 Å². The van der Waals surface area contributed by atoms with Crippen molar-refractivity contribution < 1.29 is 9.53 Å². The van der Waals surface area contributed by atoms with E-state index < -0.39 is 5.60 Å². The van der Waals surface area contributed by atoms with Gasteiger partial charge in [-0.15, -0.1) is 0 Å². The first-order valence-electron chi connectivity index (χ1n) is 7.59. The summed E-state index contributed by atoms with van der Waals surface area (Å²) in [5.74, 6) is 0.0464. The molecule has 2 rings (SSSR count). The summed E-state index contributed by atoms with van der Waals surface area (Å²) in [5.41, 5.74) is 1.87. The number of esters is 1. The van der Waals surface area contributed by atoms with E-state index in [4.69, 9.17) is 4.74 Å². The van der Waals surface area contributed by atoms with Crippen LogP contribution >= 0.6 is 0 Å². The minimum atomic E-state index is -0.438. The molecule has 114 valence electrons. The largest absolute Gasteiger partial charge is 0.460 e. The van der Waals surface area contributed by atoms with Gasteiger partial charge in [0.1, 0.15) is 5.60 Å². The highest BCUT2D eigenvalue weighted by Crippen LogP contribution is 2.61. The van der Waals surface area contributed by atoms with E-state index in [0.717, 1.165) is 0 Å². The quantitative estimate of drug-likeness (QED) is 0.604. The Kier molecular flexibility index (Phi) is 4.01. The van der Waals surface area contributed by atoms with Gasteiger partial charge in [-0.3, -0.25) is 4.79 Å². The Balaban J connectivity index is 2.31. The van der Waals surface area contributed by atoms with Crippen LogP contribution < -0.4 is 0 Å². The molecule has 1 aromatic rings. The van der Waals surface area contributed by atoms with Crippen molar-refractivity contribution in [1.82, 2.24) is 0 Å². The van der Waals surface area contributed by atoms with Crippen LogP contribution in [0.1, 0.15) is 47.1 Å². The van der Waals surface area contributed by atoms with E-state index in [1.54, 1.807) is 0 Å². The fourth-order valence-corrected chi connectivity index (χ4v) is 3.10. The molecule has 21 heavy (non-hydrogen) atoms. The summed E-state index contributed by atoms with van der Waals surface area (Å²) in [6.07, 6.45) is 2.21. The minimum absolute atomic E-state index is 0.0867. The maximum Gasteiger partial charge on any atom is 0.311 e. The van der Waals surface area contributed by atoms with Crippen LogP contribution in [0.4, 0.5) is 0 Å². The van der Waals surface area contributed by atoms with Gasteiger partial charge in [0.25, 0.3) is 0 Å². The number of hydrogen-bond acceptors (Lipinski definition) is 2. The molecule has 0 N–H and O–H groups in total. The smallest absolute Gasteiger partial charge is 0.311 e. The first kappa shape index (κ1) is 15.8. The topological polar surface area (TPSA) is 26.3 Å². The van der Waals surface area contributed by atoms with Gasteiger partial charge >= 0.3 is 5.97 Å². The van der Waals surface area contributed by atoms with Crippen LogP contribution in [-0.2, 0) is 14.9 Å². The van der Waals surface area contributed by atoms with Gasteiger partial charge in [-0.1, -0.05) is 48.9 Å². The van der Waals surface area contributed by atoms with Gasteiger partial charge in [0.05, 0.1) is 5.92 Å². The number of carbonyl (C=O) groups excluding carboxylic acids is 1. The average Bonchev–Trinajstić information content (AvgIpc) is 2.94. The molecule has 0 spiro atoms. The zero-order chi connectivity index (χ0) is 15.8. The lowest BCUT2D eigenvalue weighted by Crippen LogP contribution is -2.26. The number of ether oxygens (including phenoxy) is 1. The Morgan fingerprint density at radius 1 is 1.19 bits per heavy atom. The lowest BCUT2D eigenvalue weighted by atomic mass is 9.93. The molecule has 0 bridgehead atoms. The highest BCUT2D eigenvalue weighted by atomic mass is 16.6. The number of carbonyl (C=O) groups is 1. The Labute approximate surface area is 128 Å². The second-order valence-electron chi connectivity index (χ2n) is 7.43. The van der Waals surface area contributed by atoms with Gasteiger partial charge in [-0.25, -0.2) is 0 Å². The maximum absolute atomic E-state index is 12.6. The molecule has 1 fully saturated rings. The van der Waals surface area contributed by atoms with Crippen molar-refractivity contribution in [3.8, 4) is 0 Å². The highest BCUT2D eigenvalue weighted by molar-refractivity contribution is 5.81. The maximum atomic E-state index is 12.6. The summed E-state index contributed by atoms with van der Waals surface area (Å²) in [7, 11) is 0. The second-order valence-corrected chi connectivity index (χ2v) is 7.43. The van der Waals surface area contributed by atoms with Gasteiger partial charge in [-0.2, -0.15) is 0 Å². The number of rotatable bonds is 3. The van der Waals surface area contributed by atoms with Gasteiger partial charge in [0.15, 0.2) is 0 Å². The van der Waals surface area contributed by atoms with E-state index in [0.29, 0.717) is 0 Å². The van der Waals surface area contributed by atoms with E-state index in [1.807, 2.05) is 39.0 Å². The predicted octanol–water partition coefficient (Wildman–Crippen LogP) is 4.50. The molecule has 0 saturated heterocycles. The van der Waals surface area contributed by atoms with Crippen LogP contribution in [0.2, 0.25) is 0 Å². The summed E-state index contributed by atoms with van der Waals surface area (Å²) < 4.78 is 5.62. The predicted molar refractivity (Wildman–Crippen MR) is 86.1 cm³/mol. The molecule has 1 saturated carbocycles. The molecular weight excluding hydrogens is 260 g/mol.